The number of carbonyl (C=O) groups is 1. The first-order valence-corrected chi connectivity index (χ1v) is 6.52. The number of hydrogen-bond acceptors (Lipinski definition) is 2. The van der Waals surface area contributed by atoms with Gasteiger partial charge < -0.3 is 5.11 Å². The van der Waals surface area contributed by atoms with Gasteiger partial charge >= 0.3 is 0 Å². The molecule has 0 aliphatic heterocycles. The number of Topliss-reactive ketones (excluding diaryl/α,β-unsaturated/α-hetero) is 1. The third-order valence-corrected chi connectivity index (χ3v) is 3.57. The van der Waals surface area contributed by atoms with E-state index in [0.717, 1.165) is 12.8 Å². The van der Waals surface area contributed by atoms with Crippen LogP contribution >= 0.6 is 11.6 Å². The lowest BCUT2D eigenvalue weighted by Gasteiger charge is -2.19. The third-order valence-electron chi connectivity index (χ3n) is 3.20. The van der Waals surface area contributed by atoms with Crippen LogP contribution in [0.3, 0.4) is 0 Å². The van der Waals surface area contributed by atoms with Crippen LogP contribution in [0.25, 0.3) is 0 Å². The molecule has 0 aliphatic carbocycles. The average Bonchev–Trinajstić information content (AvgIpc) is 2.35. The summed E-state index contributed by atoms with van der Waals surface area (Å²) in [5.41, 5.74) is 0.423. The normalized spacial score (nSPS) is 12.8. The van der Waals surface area contributed by atoms with Crippen molar-refractivity contribution in [1.82, 2.24) is 0 Å². The molecular weight excluding hydrogens is 255 g/mol. The average molecular weight is 273 g/mol. The number of carbonyl (C=O) groups excluding carboxylic acids is 1. The van der Waals surface area contributed by atoms with Crippen LogP contribution in [0.1, 0.15) is 32.3 Å². The molecule has 1 unspecified atom stereocenters. The zero-order chi connectivity index (χ0) is 13.7. The summed E-state index contributed by atoms with van der Waals surface area (Å²) < 4.78 is 13.1. The lowest BCUT2D eigenvalue weighted by atomic mass is 9.91. The quantitative estimate of drug-likeness (QED) is 0.862. The standard InChI is InChI=1S/C14H18ClFO2/c1-3-9(4-2)14(18)13(17)8-10-7-11(16)5-6-12(10)15/h5-7,9,14,18H,3-4,8H2,1-2H3. The maximum atomic E-state index is 13.1. The Morgan fingerprint density at radius 3 is 2.56 bits per heavy atom. The van der Waals surface area contributed by atoms with Gasteiger partial charge in [0.05, 0.1) is 0 Å². The number of rotatable bonds is 6. The number of ketones is 1. The van der Waals surface area contributed by atoms with Gasteiger partial charge in [0.1, 0.15) is 11.9 Å². The summed E-state index contributed by atoms with van der Waals surface area (Å²) in [6.07, 6.45) is 0.439. The molecular formula is C14H18ClFO2. The van der Waals surface area contributed by atoms with E-state index in [9.17, 15) is 14.3 Å². The van der Waals surface area contributed by atoms with Crippen LogP contribution in [-0.2, 0) is 11.2 Å². The van der Waals surface area contributed by atoms with Crippen LogP contribution in [0.2, 0.25) is 5.02 Å². The number of aliphatic hydroxyl groups excluding tert-OH is 1. The van der Waals surface area contributed by atoms with Crippen LogP contribution < -0.4 is 0 Å². The summed E-state index contributed by atoms with van der Waals surface area (Å²) in [6, 6.07) is 3.90. The van der Waals surface area contributed by atoms with Crippen molar-refractivity contribution < 1.29 is 14.3 Å². The minimum atomic E-state index is -1.00. The van der Waals surface area contributed by atoms with E-state index in [1.54, 1.807) is 0 Å². The fraction of sp³-hybridized carbons (Fsp3) is 0.500. The lowest BCUT2D eigenvalue weighted by Crippen LogP contribution is -2.30. The zero-order valence-corrected chi connectivity index (χ0v) is 11.4. The molecule has 0 amide bonds. The highest BCUT2D eigenvalue weighted by atomic mass is 35.5. The predicted octanol–water partition coefficient (Wildman–Crippen LogP) is 3.39. The van der Waals surface area contributed by atoms with Gasteiger partial charge in [0, 0.05) is 11.4 Å². The Morgan fingerprint density at radius 1 is 1.39 bits per heavy atom. The van der Waals surface area contributed by atoms with E-state index in [-0.39, 0.29) is 18.1 Å². The second-order valence-electron chi connectivity index (χ2n) is 4.40. The van der Waals surface area contributed by atoms with Gasteiger partial charge in [-0.15, -0.1) is 0 Å². The highest BCUT2D eigenvalue weighted by molar-refractivity contribution is 6.31. The number of aliphatic hydroxyl groups is 1. The molecule has 100 valence electrons. The third kappa shape index (κ3) is 3.79. The van der Waals surface area contributed by atoms with Crippen molar-refractivity contribution in [3.05, 3.63) is 34.6 Å². The van der Waals surface area contributed by atoms with Gasteiger partial charge in [-0.05, 0) is 29.7 Å². The van der Waals surface area contributed by atoms with Crippen LogP contribution in [0.5, 0.6) is 0 Å². The van der Waals surface area contributed by atoms with E-state index in [0.29, 0.717) is 10.6 Å². The smallest absolute Gasteiger partial charge is 0.165 e. The van der Waals surface area contributed by atoms with Crippen molar-refractivity contribution in [3.63, 3.8) is 0 Å². The van der Waals surface area contributed by atoms with Crippen LogP contribution in [0.15, 0.2) is 18.2 Å². The Kier molecular flexibility index (Phi) is 5.76. The summed E-state index contributed by atoms with van der Waals surface area (Å²) in [6.45, 7) is 3.86. The first-order valence-electron chi connectivity index (χ1n) is 6.14. The second-order valence-corrected chi connectivity index (χ2v) is 4.81. The van der Waals surface area contributed by atoms with Crippen molar-refractivity contribution in [3.8, 4) is 0 Å². The molecule has 1 atom stereocenters. The predicted molar refractivity (Wildman–Crippen MR) is 70.2 cm³/mol. The molecule has 0 radical (unpaired) electrons. The van der Waals surface area contributed by atoms with Crippen LogP contribution in [0.4, 0.5) is 4.39 Å². The fourth-order valence-electron chi connectivity index (χ4n) is 1.97. The monoisotopic (exact) mass is 272 g/mol. The first-order chi connectivity index (χ1) is 8.49. The van der Waals surface area contributed by atoms with E-state index < -0.39 is 11.9 Å². The molecule has 4 heteroatoms. The molecule has 0 bridgehead atoms. The molecule has 0 saturated heterocycles. The lowest BCUT2D eigenvalue weighted by molar-refractivity contribution is -0.129. The molecule has 0 aromatic heterocycles. The van der Waals surface area contributed by atoms with Crippen LogP contribution in [0, 0.1) is 11.7 Å². The summed E-state index contributed by atoms with van der Waals surface area (Å²) in [5.74, 6) is -0.791. The number of benzene rings is 1. The van der Waals surface area contributed by atoms with E-state index >= 15 is 0 Å². The van der Waals surface area contributed by atoms with Gasteiger partial charge in [-0.25, -0.2) is 4.39 Å². The van der Waals surface area contributed by atoms with Crippen molar-refractivity contribution in [1.29, 1.82) is 0 Å². The van der Waals surface area contributed by atoms with Gasteiger partial charge in [-0.2, -0.15) is 0 Å². The van der Waals surface area contributed by atoms with Gasteiger partial charge in [0.25, 0.3) is 0 Å². The Bertz CT molecular complexity index is 416. The minimum Gasteiger partial charge on any atom is -0.385 e. The number of halogens is 2. The van der Waals surface area contributed by atoms with Gasteiger partial charge in [-0.3, -0.25) is 4.79 Å². The molecule has 2 nitrogen and oxygen atoms in total. The number of hydrogen-bond donors (Lipinski definition) is 1. The van der Waals surface area contributed by atoms with E-state index in [1.165, 1.54) is 18.2 Å². The SMILES string of the molecule is CCC(CC)C(O)C(=O)Cc1cc(F)ccc1Cl. The first kappa shape index (κ1) is 15.1. The van der Waals surface area contributed by atoms with Crippen LogP contribution in [-0.4, -0.2) is 17.0 Å². The second kappa shape index (κ2) is 6.86. The van der Waals surface area contributed by atoms with Crippen molar-refractivity contribution >= 4 is 17.4 Å². The summed E-state index contributed by atoms with van der Waals surface area (Å²) in [5, 5.41) is 10.3. The largest absolute Gasteiger partial charge is 0.385 e. The molecule has 1 aromatic carbocycles. The minimum absolute atomic E-state index is 0.0335. The molecule has 0 saturated carbocycles. The maximum Gasteiger partial charge on any atom is 0.165 e. The molecule has 18 heavy (non-hydrogen) atoms. The highest BCUT2D eigenvalue weighted by Crippen LogP contribution is 2.20. The summed E-state index contributed by atoms with van der Waals surface area (Å²) in [7, 11) is 0. The van der Waals surface area contributed by atoms with Crippen molar-refractivity contribution in [2.75, 3.05) is 0 Å². The topological polar surface area (TPSA) is 37.3 Å². The molecule has 0 aliphatic rings. The summed E-state index contributed by atoms with van der Waals surface area (Å²) >= 11 is 5.89. The van der Waals surface area contributed by atoms with Gasteiger partial charge in [0.15, 0.2) is 5.78 Å². The summed E-state index contributed by atoms with van der Waals surface area (Å²) in [4.78, 5) is 11.9. The molecule has 0 heterocycles. The van der Waals surface area contributed by atoms with E-state index in [2.05, 4.69) is 0 Å². The molecule has 0 spiro atoms. The molecule has 1 N–H and O–H groups in total. The maximum absolute atomic E-state index is 13.1. The van der Waals surface area contributed by atoms with Gasteiger partial charge in [0.2, 0.25) is 0 Å². The molecule has 1 aromatic rings. The Labute approximate surface area is 112 Å². The van der Waals surface area contributed by atoms with Gasteiger partial charge in [-0.1, -0.05) is 38.3 Å². The Morgan fingerprint density at radius 2 is 2.00 bits per heavy atom. The zero-order valence-electron chi connectivity index (χ0n) is 10.6. The van der Waals surface area contributed by atoms with E-state index in [1.807, 2.05) is 13.8 Å². The fourth-order valence-corrected chi connectivity index (χ4v) is 2.15. The van der Waals surface area contributed by atoms with E-state index in [4.69, 9.17) is 11.6 Å². The molecule has 1 rings (SSSR count). The Balaban J connectivity index is 2.78. The Hall–Kier alpha value is -0.930. The highest BCUT2D eigenvalue weighted by Gasteiger charge is 2.23. The molecule has 0 fully saturated rings. The van der Waals surface area contributed by atoms with Crippen molar-refractivity contribution in [2.45, 2.75) is 39.2 Å². The van der Waals surface area contributed by atoms with Crippen molar-refractivity contribution in [2.24, 2.45) is 5.92 Å².